The molecule has 0 saturated heterocycles. The molecule has 0 aromatic rings. The van der Waals surface area contributed by atoms with E-state index < -0.39 is 0 Å². The predicted molar refractivity (Wildman–Crippen MR) is 56.0 cm³/mol. The summed E-state index contributed by atoms with van der Waals surface area (Å²) >= 11 is 0. The van der Waals surface area contributed by atoms with E-state index in [1.165, 1.54) is 19.3 Å². The van der Waals surface area contributed by atoms with E-state index in [1.54, 1.807) is 0 Å². The summed E-state index contributed by atoms with van der Waals surface area (Å²) in [5.41, 5.74) is 5.71. The molecule has 0 rings (SSSR count). The number of allylic oxidation sites excluding steroid dienone is 2. The Labute approximate surface area is 77.0 Å². The average molecular weight is 169 g/mol. The normalized spacial score (nSPS) is 16.7. The van der Waals surface area contributed by atoms with Crippen LogP contribution in [0, 0.1) is 11.8 Å². The molecule has 0 aliphatic carbocycles. The van der Waals surface area contributed by atoms with Crippen LogP contribution in [-0.2, 0) is 0 Å². The van der Waals surface area contributed by atoms with E-state index in [1.807, 2.05) is 0 Å². The van der Waals surface area contributed by atoms with Gasteiger partial charge in [-0.25, -0.2) is 0 Å². The van der Waals surface area contributed by atoms with Crippen LogP contribution in [0.4, 0.5) is 0 Å². The highest BCUT2D eigenvalue weighted by Gasteiger charge is 2.12. The third-order valence-corrected chi connectivity index (χ3v) is 2.69. The maximum Gasteiger partial charge on any atom is -0.00462 e. The number of rotatable bonds is 6. The molecule has 0 radical (unpaired) electrons. The van der Waals surface area contributed by atoms with Gasteiger partial charge in [0.1, 0.15) is 0 Å². The van der Waals surface area contributed by atoms with Crippen molar-refractivity contribution in [3.05, 3.63) is 12.2 Å². The standard InChI is InChI=1S/C11H23N/c1-4-6-7-8-11(9-12)10(3)5-2/h4,6,10-11H,5,7-9,12H2,1-3H3/b6-4-. The topological polar surface area (TPSA) is 26.0 Å². The zero-order valence-electron chi connectivity index (χ0n) is 8.72. The van der Waals surface area contributed by atoms with Gasteiger partial charge in [0.05, 0.1) is 0 Å². The largest absolute Gasteiger partial charge is 0.330 e. The molecule has 0 amide bonds. The van der Waals surface area contributed by atoms with Crippen LogP contribution in [0.3, 0.4) is 0 Å². The monoisotopic (exact) mass is 169 g/mol. The van der Waals surface area contributed by atoms with Gasteiger partial charge in [0.2, 0.25) is 0 Å². The first kappa shape index (κ1) is 11.7. The lowest BCUT2D eigenvalue weighted by Gasteiger charge is -2.20. The van der Waals surface area contributed by atoms with E-state index >= 15 is 0 Å². The van der Waals surface area contributed by atoms with Crippen LogP contribution in [0.5, 0.6) is 0 Å². The molecule has 1 nitrogen and oxygen atoms in total. The fourth-order valence-electron chi connectivity index (χ4n) is 1.44. The maximum absolute atomic E-state index is 5.71. The van der Waals surface area contributed by atoms with Crippen LogP contribution >= 0.6 is 0 Å². The second-order valence-electron chi connectivity index (χ2n) is 3.53. The van der Waals surface area contributed by atoms with E-state index in [4.69, 9.17) is 5.73 Å². The van der Waals surface area contributed by atoms with Crippen molar-refractivity contribution in [3.63, 3.8) is 0 Å². The van der Waals surface area contributed by atoms with Gasteiger partial charge in [0.15, 0.2) is 0 Å². The number of hydrogen-bond donors (Lipinski definition) is 1. The van der Waals surface area contributed by atoms with Crippen LogP contribution in [0.2, 0.25) is 0 Å². The summed E-state index contributed by atoms with van der Waals surface area (Å²) < 4.78 is 0. The van der Waals surface area contributed by atoms with Crippen molar-refractivity contribution in [1.82, 2.24) is 0 Å². The number of nitrogens with two attached hydrogens (primary N) is 1. The second-order valence-corrected chi connectivity index (χ2v) is 3.53. The van der Waals surface area contributed by atoms with Gasteiger partial charge in [-0.1, -0.05) is 32.4 Å². The zero-order valence-corrected chi connectivity index (χ0v) is 8.72. The smallest absolute Gasteiger partial charge is 0.00462 e. The predicted octanol–water partition coefficient (Wildman–Crippen LogP) is 2.96. The maximum atomic E-state index is 5.71. The molecule has 0 fully saturated rings. The SMILES string of the molecule is C/C=C\CCC(CN)C(C)CC. The molecule has 72 valence electrons. The third-order valence-electron chi connectivity index (χ3n) is 2.69. The van der Waals surface area contributed by atoms with E-state index in [9.17, 15) is 0 Å². The van der Waals surface area contributed by atoms with Crippen molar-refractivity contribution in [3.8, 4) is 0 Å². The Bertz CT molecular complexity index is 118. The first-order valence-electron chi connectivity index (χ1n) is 5.07. The Morgan fingerprint density at radius 1 is 1.42 bits per heavy atom. The van der Waals surface area contributed by atoms with Crippen LogP contribution < -0.4 is 5.73 Å². The second kappa shape index (κ2) is 7.35. The van der Waals surface area contributed by atoms with Gasteiger partial charge in [0.25, 0.3) is 0 Å². The quantitative estimate of drug-likeness (QED) is 0.608. The highest BCUT2D eigenvalue weighted by Crippen LogP contribution is 2.19. The molecule has 0 aromatic carbocycles. The summed E-state index contributed by atoms with van der Waals surface area (Å²) in [4.78, 5) is 0. The number of hydrogen-bond acceptors (Lipinski definition) is 1. The Morgan fingerprint density at radius 3 is 2.50 bits per heavy atom. The van der Waals surface area contributed by atoms with Crippen LogP contribution in [0.15, 0.2) is 12.2 Å². The minimum atomic E-state index is 0.714. The summed E-state index contributed by atoms with van der Waals surface area (Å²) in [5.74, 6) is 1.49. The minimum Gasteiger partial charge on any atom is -0.330 e. The molecule has 12 heavy (non-hydrogen) atoms. The molecule has 0 bridgehead atoms. The van der Waals surface area contributed by atoms with Crippen molar-refractivity contribution >= 4 is 0 Å². The van der Waals surface area contributed by atoms with E-state index in [2.05, 4.69) is 32.9 Å². The van der Waals surface area contributed by atoms with Gasteiger partial charge >= 0.3 is 0 Å². The minimum absolute atomic E-state index is 0.714. The fourth-order valence-corrected chi connectivity index (χ4v) is 1.44. The molecule has 1 heteroatoms. The van der Waals surface area contributed by atoms with Crippen molar-refractivity contribution in [2.24, 2.45) is 17.6 Å². The summed E-state index contributed by atoms with van der Waals surface area (Å²) in [7, 11) is 0. The Kier molecular flexibility index (Phi) is 7.17. The molecule has 0 aliphatic heterocycles. The van der Waals surface area contributed by atoms with Gasteiger partial charge in [-0.3, -0.25) is 0 Å². The van der Waals surface area contributed by atoms with E-state index in [0.717, 1.165) is 12.5 Å². The molecular formula is C11H23N. The molecule has 2 N–H and O–H groups in total. The summed E-state index contributed by atoms with van der Waals surface area (Å²) in [5, 5.41) is 0. The van der Waals surface area contributed by atoms with Crippen LogP contribution in [0.25, 0.3) is 0 Å². The molecule has 2 atom stereocenters. The van der Waals surface area contributed by atoms with E-state index in [0.29, 0.717) is 5.92 Å². The summed E-state index contributed by atoms with van der Waals surface area (Å²) in [6.45, 7) is 7.45. The van der Waals surface area contributed by atoms with Crippen molar-refractivity contribution in [2.45, 2.75) is 40.0 Å². The molecule has 0 heterocycles. The van der Waals surface area contributed by atoms with Crippen molar-refractivity contribution < 1.29 is 0 Å². The van der Waals surface area contributed by atoms with Gasteiger partial charge < -0.3 is 5.73 Å². The van der Waals surface area contributed by atoms with Crippen LogP contribution in [-0.4, -0.2) is 6.54 Å². The third kappa shape index (κ3) is 4.55. The molecule has 0 aliphatic rings. The molecule has 0 spiro atoms. The highest BCUT2D eigenvalue weighted by atomic mass is 14.6. The lowest BCUT2D eigenvalue weighted by Crippen LogP contribution is -2.20. The van der Waals surface area contributed by atoms with Crippen molar-refractivity contribution in [2.75, 3.05) is 6.54 Å². The van der Waals surface area contributed by atoms with Gasteiger partial charge in [0, 0.05) is 0 Å². The Balaban J connectivity index is 3.66. The lowest BCUT2D eigenvalue weighted by atomic mass is 9.88. The molecule has 0 saturated carbocycles. The lowest BCUT2D eigenvalue weighted by molar-refractivity contribution is 0.337. The first-order chi connectivity index (χ1) is 5.76. The summed E-state index contributed by atoms with van der Waals surface area (Å²) in [6, 6.07) is 0. The van der Waals surface area contributed by atoms with Crippen LogP contribution in [0.1, 0.15) is 40.0 Å². The van der Waals surface area contributed by atoms with Gasteiger partial charge in [-0.05, 0) is 38.1 Å². The fraction of sp³-hybridized carbons (Fsp3) is 0.818. The van der Waals surface area contributed by atoms with E-state index in [-0.39, 0.29) is 0 Å². The average Bonchev–Trinajstić information content (AvgIpc) is 2.11. The Morgan fingerprint density at radius 2 is 2.08 bits per heavy atom. The highest BCUT2D eigenvalue weighted by molar-refractivity contribution is 4.79. The van der Waals surface area contributed by atoms with Gasteiger partial charge in [-0.2, -0.15) is 0 Å². The Hall–Kier alpha value is -0.300. The summed E-state index contributed by atoms with van der Waals surface area (Å²) in [6.07, 6.45) is 8.02. The molecule has 2 unspecified atom stereocenters. The van der Waals surface area contributed by atoms with Crippen molar-refractivity contribution in [1.29, 1.82) is 0 Å². The van der Waals surface area contributed by atoms with Gasteiger partial charge in [-0.15, -0.1) is 0 Å². The first-order valence-corrected chi connectivity index (χ1v) is 5.07. The molecular weight excluding hydrogens is 146 g/mol. The molecule has 0 aromatic heterocycles. The zero-order chi connectivity index (χ0) is 9.40.